The highest BCUT2D eigenvalue weighted by molar-refractivity contribution is 7.89. The van der Waals surface area contributed by atoms with Crippen LogP contribution in [0.2, 0.25) is 0 Å². The Kier molecular flexibility index (Phi) is 8.11. The Morgan fingerprint density at radius 2 is 1.36 bits per heavy atom. The molecule has 0 fully saturated rings. The van der Waals surface area contributed by atoms with Crippen molar-refractivity contribution in [2.45, 2.75) is 23.8 Å². The van der Waals surface area contributed by atoms with Crippen LogP contribution in [0.5, 0.6) is 0 Å². The minimum Gasteiger partial charge on any atom is -0.480 e. The molecule has 8 heteroatoms. The molecule has 0 saturated carbocycles. The number of rotatable bonds is 10. The summed E-state index contributed by atoms with van der Waals surface area (Å²) in [5, 5.41) is 10.7. The van der Waals surface area contributed by atoms with Crippen molar-refractivity contribution in [2.24, 2.45) is 0 Å². The lowest BCUT2D eigenvalue weighted by atomic mass is 9.96. The van der Waals surface area contributed by atoms with Gasteiger partial charge in [0.05, 0.1) is 4.90 Å². The molecule has 1 aromatic heterocycles. The summed E-state index contributed by atoms with van der Waals surface area (Å²) in [4.78, 5) is 11.7. The van der Waals surface area contributed by atoms with Crippen molar-refractivity contribution in [2.75, 3.05) is 0 Å². The lowest BCUT2D eigenvalue weighted by Crippen LogP contribution is -2.42. The summed E-state index contributed by atoms with van der Waals surface area (Å²) in [5.41, 5.74) is 6.07. The van der Waals surface area contributed by atoms with Gasteiger partial charge in [-0.3, -0.25) is 4.79 Å². The molecule has 5 aromatic carbocycles. The molecule has 2 N–H and O–H groups in total. The fourth-order valence-electron chi connectivity index (χ4n) is 5.31. The average Bonchev–Trinajstić information content (AvgIpc) is 3.39. The van der Waals surface area contributed by atoms with Crippen LogP contribution in [0.1, 0.15) is 16.9 Å². The maximum Gasteiger partial charge on any atom is 0.322 e. The van der Waals surface area contributed by atoms with Crippen LogP contribution in [-0.4, -0.2) is 25.5 Å². The number of carbonyl (C=O) groups is 1. The van der Waals surface area contributed by atoms with Crippen molar-refractivity contribution in [1.29, 1.82) is 0 Å². The van der Waals surface area contributed by atoms with Gasteiger partial charge in [-0.2, -0.15) is 4.72 Å². The average molecular weight is 606 g/mol. The van der Waals surface area contributed by atoms with Crippen molar-refractivity contribution in [1.82, 2.24) is 4.72 Å². The van der Waals surface area contributed by atoms with Gasteiger partial charge in [0, 0.05) is 17.4 Å². The molecule has 0 aliphatic rings. The first-order valence-corrected chi connectivity index (χ1v) is 15.5. The van der Waals surface area contributed by atoms with Gasteiger partial charge >= 0.3 is 5.97 Å². The predicted molar refractivity (Wildman–Crippen MR) is 168 cm³/mol. The van der Waals surface area contributed by atoms with E-state index in [0.29, 0.717) is 12.0 Å². The maximum absolute atomic E-state index is 13.6. The maximum atomic E-state index is 13.6. The summed E-state index contributed by atoms with van der Waals surface area (Å²) >= 11 is 0. The number of aliphatic carboxylic acids is 1. The van der Waals surface area contributed by atoms with Crippen LogP contribution in [0.3, 0.4) is 0 Å². The monoisotopic (exact) mass is 605 g/mol. The van der Waals surface area contributed by atoms with Gasteiger partial charge in [-0.15, -0.1) is 0 Å². The summed E-state index contributed by atoms with van der Waals surface area (Å²) in [6.45, 7) is 0. The van der Waals surface area contributed by atoms with Crippen LogP contribution < -0.4 is 4.72 Å². The molecule has 0 amide bonds. The number of para-hydroxylation sites is 1. The molecule has 0 saturated heterocycles. The van der Waals surface area contributed by atoms with E-state index in [2.05, 4.69) is 22.9 Å². The molecule has 0 spiro atoms. The Morgan fingerprint density at radius 1 is 0.750 bits per heavy atom. The smallest absolute Gasteiger partial charge is 0.322 e. The van der Waals surface area contributed by atoms with Gasteiger partial charge in [-0.1, -0.05) is 97.1 Å². The number of hydrogen-bond donors (Lipinski definition) is 2. The molecule has 0 aliphatic heterocycles. The van der Waals surface area contributed by atoms with E-state index >= 15 is 0 Å². The molecular weight excluding hydrogens is 577 g/mol. The molecule has 1 atom stereocenters. The van der Waals surface area contributed by atoms with E-state index in [9.17, 15) is 22.7 Å². The number of hydrogen-bond acceptors (Lipinski definition) is 4. The first kappa shape index (κ1) is 29.0. The summed E-state index contributed by atoms with van der Waals surface area (Å²) in [7, 11) is -4.16. The molecule has 0 aliphatic carbocycles. The standard InChI is InChI=1S/C36H28FNO5S/c37-29-10-6-9-25(21-29)22-32(36(39)40)38-44(41,42)30-19-17-27(18-20-30)26-13-15-28(16-14-26)35-31-11-4-5-12-33(31)43-34(35)23-24-7-2-1-3-8-24/h1-21,32,38H,22-23H2,(H,39,40). The predicted octanol–water partition coefficient (Wildman–Crippen LogP) is 7.47. The zero-order chi connectivity index (χ0) is 30.7. The van der Waals surface area contributed by atoms with Gasteiger partial charge in [-0.05, 0) is 64.6 Å². The Bertz CT molecular complexity index is 2040. The number of nitrogens with one attached hydrogen (secondary N) is 1. The zero-order valence-corrected chi connectivity index (χ0v) is 24.3. The second-order valence-electron chi connectivity index (χ2n) is 10.5. The highest BCUT2D eigenvalue weighted by atomic mass is 32.2. The molecule has 6 rings (SSSR count). The Balaban J connectivity index is 1.23. The van der Waals surface area contributed by atoms with Gasteiger partial charge < -0.3 is 9.52 Å². The molecule has 1 unspecified atom stereocenters. The van der Waals surface area contributed by atoms with E-state index in [1.165, 1.54) is 30.3 Å². The normalized spacial score (nSPS) is 12.3. The van der Waals surface area contributed by atoms with E-state index in [1.54, 1.807) is 18.2 Å². The highest BCUT2D eigenvalue weighted by Gasteiger charge is 2.26. The number of carboxylic acids is 1. The Morgan fingerprint density at radius 3 is 2.05 bits per heavy atom. The molecule has 44 heavy (non-hydrogen) atoms. The Hall–Kier alpha value is -5.05. The lowest BCUT2D eigenvalue weighted by molar-refractivity contribution is -0.138. The summed E-state index contributed by atoms with van der Waals surface area (Å²) in [5.74, 6) is -1.000. The van der Waals surface area contributed by atoms with Crippen molar-refractivity contribution in [3.8, 4) is 22.3 Å². The van der Waals surface area contributed by atoms with E-state index in [1.807, 2.05) is 60.7 Å². The van der Waals surface area contributed by atoms with E-state index in [4.69, 9.17) is 4.42 Å². The number of sulfonamides is 1. The third kappa shape index (κ3) is 6.32. The molecule has 0 radical (unpaired) electrons. The first-order chi connectivity index (χ1) is 21.3. The van der Waals surface area contributed by atoms with Crippen molar-refractivity contribution in [3.05, 3.63) is 150 Å². The number of benzene rings is 5. The molecular formula is C36H28FNO5S. The van der Waals surface area contributed by atoms with Gasteiger partial charge in [-0.25, -0.2) is 12.8 Å². The van der Waals surface area contributed by atoms with Crippen molar-refractivity contribution >= 4 is 27.0 Å². The molecule has 220 valence electrons. The second kappa shape index (κ2) is 12.3. The fourth-order valence-corrected chi connectivity index (χ4v) is 6.50. The number of furan rings is 1. The van der Waals surface area contributed by atoms with E-state index in [-0.39, 0.29) is 11.3 Å². The minimum atomic E-state index is -4.16. The third-order valence-corrected chi connectivity index (χ3v) is 8.96. The first-order valence-electron chi connectivity index (χ1n) is 14.0. The summed E-state index contributed by atoms with van der Waals surface area (Å²) in [6.07, 6.45) is 0.456. The topological polar surface area (TPSA) is 96.6 Å². The van der Waals surface area contributed by atoms with E-state index < -0.39 is 27.9 Å². The van der Waals surface area contributed by atoms with Gasteiger partial charge in [0.15, 0.2) is 0 Å². The second-order valence-corrected chi connectivity index (χ2v) is 12.2. The number of fused-ring (bicyclic) bond motifs is 1. The van der Waals surface area contributed by atoms with Crippen LogP contribution in [0.25, 0.3) is 33.2 Å². The van der Waals surface area contributed by atoms with Crippen molar-refractivity contribution < 1.29 is 27.1 Å². The molecule has 0 bridgehead atoms. The number of halogens is 1. The summed E-state index contributed by atoms with van der Waals surface area (Å²) in [6, 6.07) is 36.3. The fraction of sp³-hybridized carbons (Fsp3) is 0.0833. The largest absolute Gasteiger partial charge is 0.480 e. The van der Waals surface area contributed by atoms with Crippen LogP contribution in [0, 0.1) is 5.82 Å². The number of carboxylic acid groups (broad SMARTS) is 1. The molecule has 1 heterocycles. The van der Waals surface area contributed by atoms with Crippen LogP contribution in [0.15, 0.2) is 137 Å². The SMILES string of the molecule is O=C(O)C(Cc1cccc(F)c1)NS(=O)(=O)c1ccc(-c2ccc(-c3c(Cc4ccccc4)oc4ccccc34)cc2)cc1. The van der Waals surface area contributed by atoms with Crippen LogP contribution in [-0.2, 0) is 27.7 Å². The van der Waals surface area contributed by atoms with Gasteiger partial charge in [0.2, 0.25) is 10.0 Å². The van der Waals surface area contributed by atoms with Crippen LogP contribution in [0.4, 0.5) is 4.39 Å². The quantitative estimate of drug-likeness (QED) is 0.169. The van der Waals surface area contributed by atoms with Gasteiger partial charge in [0.1, 0.15) is 23.2 Å². The van der Waals surface area contributed by atoms with Gasteiger partial charge in [0.25, 0.3) is 0 Å². The molecule has 6 nitrogen and oxygen atoms in total. The third-order valence-electron chi connectivity index (χ3n) is 7.47. The molecule has 6 aromatic rings. The Labute approximate surface area is 254 Å². The highest BCUT2D eigenvalue weighted by Crippen LogP contribution is 2.37. The zero-order valence-electron chi connectivity index (χ0n) is 23.5. The van der Waals surface area contributed by atoms with Crippen molar-refractivity contribution in [3.63, 3.8) is 0 Å². The summed E-state index contributed by atoms with van der Waals surface area (Å²) < 4.78 is 48.2. The minimum absolute atomic E-state index is 0.0706. The lowest BCUT2D eigenvalue weighted by Gasteiger charge is -2.15. The van der Waals surface area contributed by atoms with E-state index in [0.717, 1.165) is 44.5 Å². The van der Waals surface area contributed by atoms with Crippen LogP contribution >= 0.6 is 0 Å².